The van der Waals surface area contributed by atoms with Gasteiger partial charge >= 0.3 is 0 Å². The molecule has 1 N–H and O–H groups in total. The Morgan fingerprint density at radius 3 is 2.44 bits per heavy atom. The maximum Gasteiger partial charge on any atom is 0.0968 e. The molecule has 0 unspecified atom stereocenters. The second-order valence-electron chi connectivity index (χ2n) is 4.33. The molecule has 0 aliphatic heterocycles. The van der Waals surface area contributed by atoms with Gasteiger partial charge in [-0.1, -0.05) is 49.5 Å². The van der Waals surface area contributed by atoms with Gasteiger partial charge in [-0.25, -0.2) is 0 Å². The fourth-order valence-electron chi connectivity index (χ4n) is 2.05. The van der Waals surface area contributed by atoms with E-state index in [1.807, 2.05) is 30.3 Å². The highest BCUT2D eigenvalue weighted by atomic mass is 16.3. The lowest BCUT2D eigenvalue weighted by atomic mass is 9.93. The minimum atomic E-state index is -0.734. The van der Waals surface area contributed by atoms with Crippen LogP contribution >= 0.6 is 0 Å². The third-order valence-electron chi connectivity index (χ3n) is 3.12. The number of rotatable bonds is 1. The molecule has 1 nitrogen and oxygen atoms in total. The van der Waals surface area contributed by atoms with Crippen molar-refractivity contribution in [1.82, 2.24) is 0 Å². The van der Waals surface area contributed by atoms with Crippen LogP contribution in [-0.4, -0.2) is 10.7 Å². The molecular weight excluding hydrogens is 196 g/mol. The largest absolute Gasteiger partial charge is 0.385 e. The van der Waals surface area contributed by atoms with Crippen LogP contribution in [0.1, 0.15) is 31.2 Å². The Kier molecular flexibility index (Phi) is 3.12. The molecule has 16 heavy (non-hydrogen) atoms. The zero-order valence-electron chi connectivity index (χ0n) is 9.37. The summed E-state index contributed by atoms with van der Waals surface area (Å²) >= 11 is 0. The highest BCUT2D eigenvalue weighted by Gasteiger charge is 2.33. The zero-order chi connectivity index (χ0) is 11.4. The van der Waals surface area contributed by atoms with Gasteiger partial charge in [0.15, 0.2) is 0 Å². The molecule has 0 radical (unpaired) electrons. The van der Waals surface area contributed by atoms with Gasteiger partial charge in [0.05, 0.1) is 5.60 Å². The van der Waals surface area contributed by atoms with Crippen LogP contribution < -0.4 is 0 Å². The minimum absolute atomic E-state index is 0.661. The van der Waals surface area contributed by atoms with Crippen molar-refractivity contribution in [3.63, 3.8) is 0 Å². The number of hydrogen-bond acceptors (Lipinski definition) is 1. The van der Waals surface area contributed by atoms with Gasteiger partial charge in [-0.3, -0.25) is 0 Å². The summed E-state index contributed by atoms with van der Waals surface area (Å²) in [5, 5.41) is 10.2. The van der Waals surface area contributed by atoms with Crippen LogP contribution in [0.15, 0.2) is 42.5 Å². The second-order valence-corrected chi connectivity index (χ2v) is 4.33. The first-order valence-corrected chi connectivity index (χ1v) is 5.69. The Morgan fingerprint density at radius 1 is 1.19 bits per heavy atom. The summed E-state index contributed by atoms with van der Waals surface area (Å²) < 4.78 is 0. The predicted molar refractivity (Wildman–Crippen MR) is 65.9 cm³/mol. The molecule has 82 valence electrons. The molecule has 1 aromatic carbocycles. The van der Waals surface area contributed by atoms with Gasteiger partial charge in [-0.2, -0.15) is 0 Å². The van der Waals surface area contributed by atoms with E-state index in [1.165, 1.54) is 0 Å². The quantitative estimate of drug-likeness (QED) is 0.710. The van der Waals surface area contributed by atoms with E-state index >= 15 is 0 Å². The van der Waals surface area contributed by atoms with Crippen LogP contribution in [0.25, 0.3) is 0 Å². The average molecular weight is 212 g/mol. The molecule has 0 bridgehead atoms. The van der Waals surface area contributed by atoms with E-state index in [4.69, 9.17) is 0 Å². The molecule has 1 aliphatic carbocycles. The van der Waals surface area contributed by atoms with Crippen LogP contribution in [-0.2, 0) is 0 Å². The Balaban J connectivity index is 2.11. The zero-order valence-corrected chi connectivity index (χ0v) is 9.37. The number of aliphatic hydroxyl groups is 1. The summed E-state index contributed by atoms with van der Waals surface area (Å²) in [5.41, 5.74) is 0.890. The lowest BCUT2D eigenvalue weighted by Gasteiger charge is -2.20. The molecule has 0 amide bonds. The summed E-state index contributed by atoms with van der Waals surface area (Å²) in [6, 6.07) is 9.79. The smallest absolute Gasteiger partial charge is 0.0968 e. The van der Waals surface area contributed by atoms with Gasteiger partial charge in [-0.05, 0) is 25.0 Å². The maximum absolute atomic E-state index is 10.2. The first-order chi connectivity index (χ1) is 7.71. The van der Waals surface area contributed by atoms with E-state index in [9.17, 15) is 5.11 Å². The molecular formula is C15H16O. The van der Waals surface area contributed by atoms with Crippen molar-refractivity contribution < 1.29 is 5.11 Å². The van der Waals surface area contributed by atoms with Crippen molar-refractivity contribution in [3.05, 3.63) is 48.0 Å². The lowest BCUT2D eigenvalue weighted by Crippen LogP contribution is -2.25. The van der Waals surface area contributed by atoms with Crippen LogP contribution in [0.5, 0.6) is 0 Å². The predicted octanol–water partition coefficient (Wildman–Crippen LogP) is 2.90. The molecule has 0 heterocycles. The summed E-state index contributed by atoms with van der Waals surface area (Å²) in [6.07, 6.45) is 3.75. The van der Waals surface area contributed by atoms with Crippen molar-refractivity contribution in [1.29, 1.82) is 0 Å². The lowest BCUT2D eigenvalue weighted by molar-refractivity contribution is 0.0917. The fraction of sp³-hybridized carbons (Fsp3) is 0.333. The van der Waals surface area contributed by atoms with Gasteiger partial charge in [0, 0.05) is 11.1 Å². The van der Waals surface area contributed by atoms with Crippen molar-refractivity contribution >= 4 is 0 Å². The summed E-state index contributed by atoms with van der Waals surface area (Å²) in [5.74, 6) is 6.02. The van der Waals surface area contributed by atoms with Crippen molar-refractivity contribution in [3.8, 4) is 11.8 Å². The molecule has 0 saturated heterocycles. The van der Waals surface area contributed by atoms with Crippen LogP contribution in [0.2, 0.25) is 0 Å². The fourth-order valence-corrected chi connectivity index (χ4v) is 2.05. The van der Waals surface area contributed by atoms with E-state index in [1.54, 1.807) is 0 Å². The van der Waals surface area contributed by atoms with Crippen molar-refractivity contribution in [2.75, 3.05) is 0 Å². The molecule has 1 saturated carbocycles. The Bertz CT molecular complexity index is 427. The molecule has 0 atom stereocenters. The summed E-state index contributed by atoms with van der Waals surface area (Å²) in [7, 11) is 0. The second kappa shape index (κ2) is 4.55. The Hall–Kier alpha value is -1.52. The minimum Gasteiger partial charge on any atom is -0.385 e. The molecule has 1 aromatic rings. The van der Waals surface area contributed by atoms with Crippen LogP contribution in [0.4, 0.5) is 0 Å². The third kappa shape index (κ3) is 2.35. The van der Waals surface area contributed by atoms with Gasteiger partial charge in [-0.15, -0.1) is 0 Å². The number of benzene rings is 1. The van der Waals surface area contributed by atoms with E-state index in [-0.39, 0.29) is 0 Å². The molecule has 2 rings (SSSR count). The summed E-state index contributed by atoms with van der Waals surface area (Å²) in [4.78, 5) is 0. The molecule has 1 fully saturated rings. The normalized spacial score (nSPS) is 17.6. The van der Waals surface area contributed by atoms with E-state index < -0.39 is 5.60 Å². The van der Waals surface area contributed by atoms with Crippen molar-refractivity contribution in [2.45, 2.75) is 31.3 Å². The first-order valence-electron chi connectivity index (χ1n) is 5.69. The average Bonchev–Trinajstić information content (AvgIpc) is 2.76. The van der Waals surface area contributed by atoms with Gasteiger partial charge < -0.3 is 5.11 Å². The molecule has 1 heteroatoms. The van der Waals surface area contributed by atoms with Gasteiger partial charge in [0.1, 0.15) is 0 Å². The Labute approximate surface area is 96.8 Å². The third-order valence-corrected chi connectivity index (χ3v) is 3.12. The SMILES string of the molecule is C=C(C#Cc1ccccc1)C1(O)CCCC1. The molecule has 0 aromatic heterocycles. The molecule has 0 spiro atoms. The van der Waals surface area contributed by atoms with Gasteiger partial charge in [0.25, 0.3) is 0 Å². The first kappa shape index (κ1) is 11.0. The monoisotopic (exact) mass is 212 g/mol. The highest BCUT2D eigenvalue weighted by Crippen LogP contribution is 2.34. The molecule has 1 aliphatic rings. The number of hydrogen-bond donors (Lipinski definition) is 1. The van der Waals surface area contributed by atoms with Crippen LogP contribution in [0, 0.1) is 11.8 Å². The van der Waals surface area contributed by atoms with E-state index in [2.05, 4.69) is 18.4 Å². The standard InChI is InChI=1S/C15H16O/c1-13(15(16)11-5-6-12-15)9-10-14-7-3-2-4-8-14/h2-4,7-8,16H,1,5-6,11-12H2. The highest BCUT2D eigenvalue weighted by molar-refractivity contribution is 5.42. The van der Waals surface area contributed by atoms with Crippen molar-refractivity contribution in [2.24, 2.45) is 0 Å². The topological polar surface area (TPSA) is 20.2 Å². The van der Waals surface area contributed by atoms with E-state index in [0.29, 0.717) is 5.57 Å². The summed E-state index contributed by atoms with van der Waals surface area (Å²) in [6.45, 7) is 3.90. The van der Waals surface area contributed by atoms with Crippen LogP contribution in [0.3, 0.4) is 0 Å². The Morgan fingerprint density at radius 2 is 1.81 bits per heavy atom. The van der Waals surface area contributed by atoms with Gasteiger partial charge in [0.2, 0.25) is 0 Å². The van der Waals surface area contributed by atoms with E-state index in [0.717, 1.165) is 31.2 Å². The maximum atomic E-state index is 10.2.